The lowest BCUT2D eigenvalue weighted by Gasteiger charge is -2.38. The number of nitrogens with zero attached hydrogens (tertiary/aromatic N) is 3. The van der Waals surface area contributed by atoms with Gasteiger partial charge < -0.3 is 9.64 Å². The molecule has 2 atom stereocenters. The molecule has 0 saturated carbocycles. The Bertz CT molecular complexity index is 517. The van der Waals surface area contributed by atoms with Gasteiger partial charge in [0.05, 0.1) is 12.6 Å². The van der Waals surface area contributed by atoms with Crippen molar-refractivity contribution in [2.75, 3.05) is 32.8 Å². The van der Waals surface area contributed by atoms with Crippen LogP contribution in [0, 0.1) is 5.92 Å². The van der Waals surface area contributed by atoms with Crippen LogP contribution < -0.4 is 0 Å². The first-order valence-electron chi connectivity index (χ1n) is 9.27. The first kappa shape index (κ1) is 17.4. The SMILES string of the molecule is CCN(C[C@@H]1CCOC1)C(=O)[C@H]1CCCCN1Cc1ccncc1. The van der Waals surface area contributed by atoms with Crippen molar-refractivity contribution in [3.63, 3.8) is 0 Å². The largest absolute Gasteiger partial charge is 0.381 e. The van der Waals surface area contributed by atoms with Crippen molar-refractivity contribution < 1.29 is 9.53 Å². The average molecular weight is 331 g/mol. The molecule has 0 radical (unpaired) electrons. The van der Waals surface area contributed by atoms with E-state index in [2.05, 4.69) is 21.7 Å². The Labute approximate surface area is 145 Å². The van der Waals surface area contributed by atoms with Crippen molar-refractivity contribution in [1.29, 1.82) is 0 Å². The number of likely N-dealkylation sites (N-methyl/N-ethyl adjacent to an activating group) is 1. The summed E-state index contributed by atoms with van der Waals surface area (Å²) in [6.07, 6.45) is 8.03. The molecule has 0 N–H and O–H groups in total. The number of hydrogen-bond acceptors (Lipinski definition) is 4. The zero-order valence-electron chi connectivity index (χ0n) is 14.7. The molecular weight excluding hydrogens is 302 g/mol. The summed E-state index contributed by atoms with van der Waals surface area (Å²) < 4.78 is 5.47. The highest BCUT2D eigenvalue weighted by Crippen LogP contribution is 2.23. The molecule has 2 saturated heterocycles. The van der Waals surface area contributed by atoms with Gasteiger partial charge in [0.15, 0.2) is 0 Å². The number of ether oxygens (including phenoxy) is 1. The Hall–Kier alpha value is -1.46. The fourth-order valence-electron chi connectivity index (χ4n) is 3.81. The van der Waals surface area contributed by atoms with Crippen LogP contribution in [0.1, 0.15) is 38.2 Å². The molecule has 2 aliphatic heterocycles. The van der Waals surface area contributed by atoms with Crippen LogP contribution in [-0.2, 0) is 16.1 Å². The standard InChI is InChI=1S/C19H29N3O2/c1-2-21(14-17-8-12-24-15-17)19(23)18-5-3-4-11-22(18)13-16-6-9-20-10-7-16/h6-7,9-10,17-18H,2-5,8,11-15H2,1H3/t17-,18+/m0/s1. The third kappa shape index (κ3) is 4.33. The van der Waals surface area contributed by atoms with Gasteiger partial charge in [-0.2, -0.15) is 0 Å². The molecule has 2 fully saturated rings. The first-order chi connectivity index (χ1) is 11.8. The van der Waals surface area contributed by atoms with E-state index in [9.17, 15) is 4.79 Å². The molecular formula is C19H29N3O2. The highest BCUT2D eigenvalue weighted by Gasteiger charge is 2.32. The van der Waals surface area contributed by atoms with Gasteiger partial charge in [0.25, 0.3) is 0 Å². The number of hydrogen-bond donors (Lipinski definition) is 0. The van der Waals surface area contributed by atoms with Crippen molar-refractivity contribution in [3.8, 4) is 0 Å². The molecule has 2 aliphatic rings. The minimum atomic E-state index is 0.0224. The Morgan fingerprint density at radius 3 is 2.88 bits per heavy atom. The Kier molecular flexibility index (Phi) is 6.21. The highest BCUT2D eigenvalue weighted by molar-refractivity contribution is 5.82. The Morgan fingerprint density at radius 2 is 2.17 bits per heavy atom. The Balaban J connectivity index is 1.65. The summed E-state index contributed by atoms with van der Waals surface area (Å²) in [6, 6.07) is 4.11. The van der Waals surface area contributed by atoms with E-state index in [0.29, 0.717) is 11.8 Å². The van der Waals surface area contributed by atoms with Crippen molar-refractivity contribution in [2.45, 2.75) is 45.2 Å². The maximum absolute atomic E-state index is 13.1. The maximum atomic E-state index is 13.1. The molecule has 0 aliphatic carbocycles. The number of likely N-dealkylation sites (tertiary alicyclic amines) is 1. The molecule has 0 spiro atoms. The quantitative estimate of drug-likeness (QED) is 0.802. The van der Waals surface area contributed by atoms with Crippen LogP contribution in [0.3, 0.4) is 0 Å². The van der Waals surface area contributed by atoms with E-state index in [-0.39, 0.29) is 6.04 Å². The first-order valence-corrected chi connectivity index (χ1v) is 9.27. The van der Waals surface area contributed by atoms with Gasteiger partial charge in [-0.1, -0.05) is 6.42 Å². The maximum Gasteiger partial charge on any atom is 0.239 e. The van der Waals surface area contributed by atoms with Crippen LogP contribution in [-0.4, -0.2) is 59.6 Å². The van der Waals surface area contributed by atoms with Gasteiger partial charge in [0, 0.05) is 44.6 Å². The number of pyridine rings is 1. The summed E-state index contributed by atoms with van der Waals surface area (Å²) in [5.41, 5.74) is 1.23. The van der Waals surface area contributed by atoms with E-state index in [4.69, 9.17) is 4.74 Å². The van der Waals surface area contributed by atoms with Crippen LogP contribution in [0.15, 0.2) is 24.5 Å². The molecule has 1 aromatic rings. The third-order valence-corrected chi connectivity index (χ3v) is 5.23. The van der Waals surface area contributed by atoms with E-state index >= 15 is 0 Å². The lowest BCUT2D eigenvalue weighted by Crippen LogP contribution is -2.51. The lowest BCUT2D eigenvalue weighted by atomic mass is 9.99. The molecule has 5 heteroatoms. The second-order valence-electron chi connectivity index (χ2n) is 6.94. The molecule has 3 heterocycles. The fraction of sp³-hybridized carbons (Fsp3) is 0.684. The van der Waals surface area contributed by atoms with Gasteiger partial charge >= 0.3 is 0 Å². The summed E-state index contributed by atoms with van der Waals surface area (Å²) in [6.45, 7) is 7.20. The number of aromatic nitrogens is 1. The second-order valence-corrected chi connectivity index (χ2v) is 6.94. The van der Waals surface area contributed by atoms with Crippen LogP contribution in [0.25, 0.3) is 0 Å². The molecule has 5 nitrogen and oxygen atoms in total. The molecule has 0 unspecified atom stereocenters. The summed E-state index contributed by atoms with van der Waals surface area (Å²) in [7, 11) is 0. The molecule has 0 aromatic carbocycles. The van der Waals surface area contributed by atoms with Gasteiger partial charge in [-0.3, -0.25) is 14.7 Å². The smallest absolute Gasteiger partial charge is 0.239 e. The van der Waals surface area contributed by atoms with Gasteiger partial charge in [-0.15, -0.1) is 0 Å². The zero-order chi connectivity index (χ0) is 16.8. The van der Waals surface area contributed by atoms with Crippen molar-refractivity contribution in [3.05, 3.63) is 30.1 Å². The van der Waals surface area contributed by atoms with Gasteiger partial charge in [-0.05, 0) is 50.4 Å². The normalized spacial score (nSPS) is 24.9. The number of piperidine rings is 1. The number of amides is 1. The van der Waals surface area contributed by atoms with Gasteiger partial charge in [0.1, 0.15) is 0 Å². The highest BCUT2D eigenvalue weighted by atomic mass is 16.5. The molecule has 0 bridgehead atoms. The lowest BCUT2D eigenvalue weighted by molar-refractivity contribution is -0.139. The zero-order valence-corrected chi connectivity index (χ0v) is 14.7. The summed E-state index contributed by atoms with van der Waals surface area (Å²) >= 11 is 0. The minimum Gasteiger partial charge on any atom is -0.381 e. The molecule has 132 valence electrons. The minimum absolute atomic E-state index is 0.0224. The topological polar surface area (TPSA) is 45.7 Å². The number of carbonyl (C=O) groups is 1. The number of carbonyl (C=O) groups excluding carboxylic acids is 1. The van der Waals surface area contributed by atoms with E-state index in [1.54, 1.807) is 0 Å². The van der Waals surface area contributed by atoms with E-state index < -0.39 is 0 Å². The molecule has 3 rings (SSSR count). The van der Waals surface area contributed by atoms with Crippen LogP contribution in [0.2, 0.25) is 0 Å². The molecule has 1 aromatic heterocycles. The average Bonchev–Trinajstić information content (AvgIpc) is 3.14. The van der Waals surface area contributed by atoms with Crippen molar-refractivity contribution in [1.82, 2.24) is 14.8 Å². The predicted molar refractivity (Wildman–Crippen MR) is 93.5 cm³/mol. The van der Waals surface area contributed by atoms with Crippen molar-refractivity contribution in [2.24, 2.45) is 5.92 Å². The van der Waals surface area contributed by atoms with Crippen LogP contribution >= 0.6 is 0 Å². The molecule has 1 amide bonds. The third-order valence-electron chi connectivity index (χ3n) is 5.23. The van der Waals surface area contributed by atoms with Crippen LogP contribution in [0.4, 0.5) is 0 Å². The second kappa shape index (κ2) is 8.58. The number of rotatable bonds is 6. The van der Waals surface area contributed by atoms with E-state index in [1.165, 1.54) is 12.0 Å². The molecule has 24 heavy (non-hydrogen) atoms. The Morgan fingerprint density at radius 1 is 1.33 bits per heavy atom. The van der Waals surface area contributed by atoms with Crippen molar-refractivity contribution >= 4 is 5.91 Å². The fourth-order valence-corrected chi connectivity index (χ4v) is 3.81. The monoisotopic (exact) mass is 331 g/mol. The summed E-state index contributed by atoms with van der Waals surface area (Å²) in [4.78, 5) is 21.6. The van der Waals surface area contributed by atoms with E-state index in [0.717, 1.165) is 58.7 Å². The van der Waals surface area contributed by atoms with Crippen LogP contribution in [0.5, 0.6) is 0 Å². The van der Waals surface area contributed by atoms with E-state index in [1.807, 2.05) is 24.5 Å². The predicted octanol–water partition coefficient (Wildman–Crippen LogP) is 2.32. The summed E-state index contributed by atoms with van der Waals surface area (Å²) in [5, 5.41) is 0. The van der Waals surface area contributed by atoms with Gasteiger partial charge in [-0.25, -0.2) is 0 Å². The summed E-state index contributed by atoms with van der Waals surface area (Å²) in [5.74, 6) is 0.810. The van der Waals surface area contributed by atoms with Gasteiger partial charge in [0.2, 0.25) is 5.91 Å².